The number of hydrogen-bond acceptors (Lipinski definition) is 5. The van der Waals surface area contributed by atoms with Crippen molar-refractivity contribution in [3.8, 4) is 0 Å². The van der Waals surface area contributed by atoms with Gasteiger partial charge in [0, 0.05) is 26.3 Å². The highest BCUT2D eigenvalue weighted by molar-refractivity contribution is 8.19. The number of amides is 1. The summed E-state index contributed by atoms with van der Waals surface area (Å²) in [6.07, 6.45) is 3.18. The fourth-order valence-corrected chi connectivity index (χ4v) is 4.84. The van der Waals surface area contributed by atoms with Gasteiger partial charge in [-0.15, -0.1) is 11.0 Å². The van der Waals surface area contributed by atoms with Crippen LogP contribution in [0, 0.1) is 5.82 Å². The van der Waals surface area contributed by atoms with Crippen molar-refractivity contribution in [1.29, 1.82) is 0 Å². The third-order valence-electron chi connectivity index (χ3n) is 4.22. The average molecular weight is 446 g/mol. The summed E-state index contributed by atoms with van der Waals surface area (Å²) in [7, 11) is -0.243. The van der Waals surface area contributed by atoms with Crippen molar-refractivity contribution in [3.63, 3.8) is 0 Å². The van der Waals surface area contributed by atoms with Crippen LogP contribution in [0.3, 0.4) is 0 Å². The maximum atomic E-state index is 13.1. The van der Waals surface area contributed by atoms with Crippen molar-refractivity contribution in [2.75, 3.05) is 25.5 Å². The first kappa shape index (κ1) is 21.8. The summed E-state index contributed by atoms with van der Waals surface area (Å²) in [6, 6.07) is 12.0. The predicted molar refractivity (Wildman–Crippen MR) is 119 cm³/mol. The van der Waals surface area contributed by atoms with Crippen LogP contribution in [0.2, 0.25) is 0 Å². The summed E-state index contributed by atoms with van der Waals surface area (Å²) in [4.78, 5) is 16.2. The summed E-state index contributed by atoms with van der Waals surface area (Å²) < 4.78 is 42.2. The van der Waals surface area contributed by atoms with Crippen molar-refractivity contribution in [2.45, 2.75) is 4.90 Å². The molecule has 0 radical (unpaired) electrons. The monoisotopic (exact) mass is 445 g/mol. The molecular formula is C21H20FN3O3S2. The number of benzene rings is 2. The second kappa shape index (κ2) is 8.85. The molecule has 2 aromatic carbocycles. The van der Waals surface area contributed by atoms with Crippen LogP contribution < -0.4 is 4.90 Å². The Kier molecular flexibility index (Phi) is 6.42. The number of amidine groups is 1. The molecule has 0 spiro atoms. The van der Waals surface area contributed by atoms with Gasteiger partial charge in [-0.2, -0.15) is 8.42 Å². The smallest absolute Gasteiger partial charge is 0.284 e. The molecule has 0 aliphatic carbocycles. The zero-order chi connectivity index (χ0) is 21.9. The van der Waals surface area contributed by atoms with Gasteiger partial charge in [-0.3, -0.25) is 9.69 Å². The Labute approximate surface area is 179 Å². The van der Waals surface area contributed by atoms with E-state index in [1.165, 1.54) is 11.0 Å². The molecule has 2 aromatic rings. The third-order valence-corrected chi connectivity index (χ3v) is 6.62. The Morgan fingerprint density at radius 2 is 1.77 bits per heavy atom. The molecule has 1 amide bonds. The highest BCUT2D eigenvalue weighted by Gasteiger charge is 2.34. The summed E-state index contributed by atoms with van der Waals surface area (Å²) in [6.45, 7) is 3.73. The number of rotatable bonds is 6. The highest BCUT2D eigenvalue weighted by Crippen LogP contribution is 2.34. The van der Waals surface area contributed by atoms with Crippen LogP contribution in [0.4, 0.5) is 10.1 Å². The number of hydrogen-bond donors (Lipinski definition) is 0. The van der Waals surface area contributed by atoms with Crippen LogP contribution >= 0.6 is 11.8 Å². The Morgan fingerprint density at radius 1 is 1.13 bits per heavy atom. The summed E-state index contributed by atoms with van der Waals surface area (Å²) in [5.41, 5.74) is 1.82. The summed E-state index contributed by atoms with van der Waals surface area (Å²) in [5, 5.41) is 0.0281. The molecule has 30 heavy (non-hydrogen) atoms. The summed E-state index contributed by atoms with van der Waals surface area (Å²) >= 11 is 0.973. The fourth-order valence-electron chi connectivity index (χ4n) is 2.65. The SMILES string of the molecule is C=CCN1C(=O)/C(=C/c2ccc(N(C)C)cc2)SC1=NS(=O)(=O)c1ccc(F)cc1. The van der Waals surface area contributed by atoms with Crippen LogP contribution in [0.1, 0.15) is 5.56 Å². The molecule has 1 aliphatic rings. The van der Waals surface area contributed by atoms with Gasteiger partial charge in [0.15, 0.2) is 5.17 Å². The molecule has 3 rings (SSSR count). The average Bonchev–Trinajstić information content (AvgIpc) is 2.97. The van der Waals surface area contributed by atoms with Gasteiger partial charge in [0.25, 0.3) is 15.9 Å². The minimum atomic E-state index is -4.11. The van der Waals surface area contributed by atoms with Crippen molar-refractivity contribution in [3.05, 3.63) is 77.5 Å². The molecule has 9 heteroatoms. The molecule has 0 bridgehead atoms. The molecule has 0 atom stereocenters. The maximum Gasteiger partial charge on any atom is 0.284 e. The zero-order valence-corrected chi connectivity index (χ0v) is 18.1. The molecule has 0 N–H and O–H groups in total. The van der Waals surface area contributed by atoms with Crippen LogP contribution in [0.15, 0.2) is 75.4 Å². The Morgan fingerprint density at radius 3 is 2.33 bits per heavy atom. The summed E-state index contributed by atoms with van der Waals surface area (Å²) in [5.74, 6) is -0.907. The first-order chi connectivity index (χ1) is 14.2. The van der Waals surface area contributed by atoms with Crippen molar-refractivity contribution in [2.24, 2.45) is 4.40 Å². The molecule has 156 valence electrons. The Balaban J connectivity index is 1.95. The number of sulfonamides is 1. The van der Waals surface area contributed by atoms with Crippen LogP contribution in [0.25, 0.3) is 6.08 Å². The molecule has 1 aliphatic heterocycles. The standard InChI is InChI=1S/C21H20FN3O3S2/c1-4-13-25-20(26)19(14-15-5-9-17(10-6-15)24(2)3)29-21(25)23-30(27,28)18-11-7-16(22)8-12-18/h4-12,14H,1,13H2,2-3H3/b19-14-,23-21?. The highest BCUT2D eigenvalue weighted by atomic mass is 32.2. The van der Waals surface area contributed by atoms with Gasteiger partial charge in [0.05, 0.1) is 9.80 Å². The largest absolute Gasteiger partial charge is 0.378 e. The molecule has 0 aromatic heterocycles. The van der Waals surface area contributed by atoms with Crippen molar-refractivity contribution in [1.82, 2.24) is 4.90 Å². The van der Waals surface area contributed by atoms with E-state index in [2.05, 4.69) is 11.0 Å². The molecule has 6 nitrogen and oxygen atoms in total. The maximum absolute atomic E-state index is 13.1. The Hall–Kier alpha value is -2.91. The molecule has 0 saturated carbocycles. The second-order valence-corrected chi connectivity index (χ2v) is 9.22. The number of thioether (sulfide) groups is 1. The molecule has 1 saturated heterocycles. The normalized spacial score (nSPS) is 17.0. The minimum Gasteiger partial charge on any atom is -0.378 e. The first-order valence-electron chi connectivity index (χ1n) is 8.91. The number of anilines is 1. The lowest BCUT2D eigenvalue weighted by atomic mass is 10.2. The lowest BCUT2D eigenvalue weighted by molar-refractivity contribution is -0.121. The van der Waals surface area contributed by atoms with Crippen LogP contribution in [-0.4, -0.2) is 45.0 Å². The quantitative estimate of drug-likeness (QED) is 0.501. The second-order valence-electron chi connectivity index (χ2n) is 6.60. The zero-order valence-electron chi connectivity index (χ0n) is 16.4. The number of carbonyl (C=O) groups excluding carboxylic acids is 1. The first-order valence-corrected chi connectivity index (χ1v) is 11.2. The van der Waals surface area contributed by atoms with Crippen molar-refractivity contribution < 1.29 is 17.6 Å². The van der Waals surface area contributed by atoms with E-state index in [1.54, 1.807) is 6.08 Å². The number of halogens is 1. The van der Waals surface area contributed by atoms with Gasteiger partial charge < -0.3 is 4.90 Å². The van der Waals surface area contributed by atoms with E-state index in [0.717, 1.165) is 47.3 Å². The Bertz CT molecular complexity index is 1120. The van der Waals surface area contributed by atoms with E-state index in [9.17, 15) is 17.6 Å². The predicted octanol–water partition coefficient (Wildman–Crippen LogP) is 3.74. The third kappa shape index (κ3) is 4.80. The van der Waals surface area contributed by atoms with Gasteiger partial charge in [0.2, 0.25) is 0 Å². The fraction of sp³-hybridized carbons (Fsp3) is 0.143. The number of carbonyl (C=O) groups is 1. The topological polar surface area (TPSA) is 70.1 Å². The van der Waals surface area contributed by atoms with E-state index < -0.39 is 15.8 Å². The molecular weight excluding hydrogens is 425 g/mol. The lowest BCUT2D eigenvalue weighted by Gasteiger charge is -2.12. The van der Waals surface area contributed by atoms with Gasteiger partial charge in [0.1, 0.15) is 5.82 Å². The van der Waals surface area contributed by atoms with Gasteiger partial charge in [-0.25, -0.2) is 4.39 Å². The van der Waals surface area contributed by atoms with E-state index in [0.29, 0.717) is 4.91 Å². The van der Waals surface area contributed by atoms with E-state index in [4.69, 9.17) is 0 Å². The van der Waals surface area contributed by atoms with E-state index in [-0.39, 0.29) is 22.5 Å². The minimum absolute atomic E-state index is 0.0281. The van der Waals surface area contributed by atoms with Gasteiger partial charge in [-0.05, 0) is 59.8 Å². The van der Waals surface area contributed by atoms with Crippen LogP contribution in [-0.2, 0) is 14.8 Å². The van der Waals surface area contributed by atoms with Crippen molar-refractivity contribution >= 4 is 44.6 Å². The molecule has 1 fully saturated rings. The van der Waals surface area contributed by atoms with Gasteiger partial charge >= 0.3 is 0 Å². The van der Waals surface area contributed by atoms with Crippen LogP contribution in [0.5, 0.6) is 0 Å². The van der Waals surface area contributed by atoms with Gasteiger partial charge in [-0.1, -0.05) is 18.2 Å². The van der Waals surface area contributed by atoms with E-state index in [1.807, 2.05) is 43.3 Å². The number of nitrogens with zero attached hydrogens (tertiary/aromatic N) is 3. The molecule has 1 heterocycles. The van der Waals surface area contributed by atoms with E-state index >= 15 is 0 Å². The molecule has 0 unspecified atom stereocenters. The lowest BCUT2D eigenvalue weighted by Crippen LogP contribution is -2.29.